The first-order valence-corrected chi connectivity index (χ1v) is 19.2. The van der Waals surface area contributed by atoms with E-state index in [1.165, 1.54) is 11.1 Å². The van der Waals surface area contributed by atoms with E-state index >= 15 is 0 Å². The lowest BCUT2D eigenvalue weighted by Crippen LogP contribution is -2.03. The van der Waals surface area contributed by atoms with E-state index in [1.54, 1.807) is 6.07 Å². The highest BCUT2D eigenvalue weighted by Gasteiger charge is 2.22. The van der Waals surface area contributed by atoms with Gasteiger partial charge in [-0.3, -0.25) is 4.98 Å². The number of fused-ring (bicyclic) bond motifs is 1. The van der Waals surface area contributed by atoms with Gasteiger partial charge < -0.3 is 9.67 Å². The summed E-state index contributed by atoms with van der Waals surface area (Å²) < 4.78 is 2.25. The van der Waals surface area contributed by atoms with Crippen LogP contribution in [0.1, 0.15) is 31.0 Å². The zero-order valence-corrected chi connectivity index (χ0v) is 31.5. The highest BCUT2D eigenvalue weighted by Crippen LogP contribution is 2.42. The Morgan fingerprint density at radius 3 is 1.73 bits per heavy atom. The Labute approximate surface area is 328 Å². The van der Waals surface area contributed by atoms with E-state index in [4.69, 9.17) is 9.97 Å². The average molecular weight is 724 g/mol. The normalized spacial score (nSPS) is 11.3. The number of aromatic hydroxyl groups is 1. The third-order valence-corrected chi connectivity index (χ3v) is 10.5. The summed E-state index contributed by atoms with van der Waals surface area (Å²) >= 11 is 0. The van der Waals surface area contributed by atoms with E-state index in [0.29, 0.717) is 5.56 Å². The standard InChI is InChI=1S/C52H41N3O/c1-35(2)55-49-34-43(39-18-10-5-11-19-39)32-47(51(49)54-52(55)46-20-12-13-21-50(46)56)44-29-42(38-16-8-4-9-17-38)30-45(31-44)48-33-41(26-27-53-48)40-24-22-37(23-25-40)28-36-14-6-3-7-15-36/h3-27,29-35,56H,28H2,1-2H3. The molecule has 0 radical (unpaired) electrons. The summed E-state index contributed by atoms with van der Waals surface area (Å²) in [4.78, 5) is 10.3. The number of pyridine rings is 1. The van der Waals surface area contributed by atoms with Gasteiger partial charge in [-0.25, -0.2) is 4.98 Å². The van der Waals surface area contributed by atoms with Crippen molar-refractivity contribution in [3.63, 3.8) is 0 Å². The third-order valence-electron chi connectivity index (χ3n) is 10.5. The van der Waals surface area contributed by atoms with Gasteiger partial charge in [0.05, 0.1) is 22.3 Å². The Kier molecular flexibility index (Phi) is 9.30. The molecule has 0 aliphatic rings. The molecular weight excluding hydrogens is 683 g/mol. The van der Waals surface area contributed by atoms with Gasteiger partial charge in [-0.15, -0.1) is 0 Å². The summed E-state index contributed by atoms with van der Waals surface area (Å²) in [7, 11) is 0. The number of hydrogen-bond donors (Lipinski definition) is 1. The number of para-hydroxylation sites is 1. The summed E-state index contributed by atoms with van der Waals surface area (Å²) in [6.45, 7) is 4.34. The van der Waals surface area contributed by atoms with Gasteiger partial charge in [-0.05, 0) is 125 Å². The molecule has 0 saturated heterocycles. The lowest BCUT2D eigenvalue weighted by molar-refractivity contribution is 0.476. The van der Waals surface area contributed by atoms with Gasteiger partial charge >= 0.3 is 0 Å². The fourth-order valence-electron chi connectivity index (χ4n) is 7.73. The highest BCUT2D eigenvalue weighted by molar-refractivity contribution is 6.00. The van der Waals surface area contributed by atoms with E-state index < -0.39 is 0 Å². The van der Waals surface area contributed by atoms with Crippen LogP contribution in [0.25, 0.3) is 78.2 Å². The molecule has 0 aliphatic heterocycles. The van der Waals surface area contributed by atoms with Crippen molar-refractivity contribution in [3.8, 4) is 72.9 Å². The molecule has 9 rings (SSSR count). The summed E-state index contributed by atoms with van der Waals surface area (Å²) in [5.41, 5.74) is 15.9. The molecular formula is C52H41N3O. The molecule has 0 bridgehead atoms. The van der Waals surface area contributed by atoms with Gasteiger partial charge in [0, 0.05) is 23.4 Å². The van der Waals surface area contributed by atoms with Gasteiger partial charge in [0.15, 0.2) is 0 Å². The first-order chi connectivity index (χ1) is 27.5. The second kappa shape index (κ2) is 15.0. The second-order valence-corrected chi connectivity index (χ2v) is 14.6. The molecule has 0 aliphatic carbocycles. The summed E-state index contributed by atoms with van der Waals surface area (Å²) in [5.74, 6) is 0.947. The zero-order valence-electron chi connectivity index (χ0n) is 31.5. The Morgan fingerprint density at radius 2 is 1.05 bits per heavy atom. The number of benzene rings is 7. The lowest BCUT2D eigenvalue weighted by atomic mass is 9.92. The van der Waals surface area contributed by atoms with Crippen LogP contribution < -0.4 is 0 Å². The van der Waals surface area contributed by atoms with Crippen molar-refractivity contribution in [1.82, 2.24) is 14.5 Å². The number of phenols is 1. The number of imidazole rings is 1. The van der Waals surface area contributed by atoms with Crippen LogP contribution in [0.4, 0.5) is 0 Å². The van der Waals surface area contributed by atoms with Crippen molar-refractivity contribution in [2.75, 3.05) is 0 Å². The first-order valence-electron chi connectivity index (χ1n) is 19.2. The molecule has 4 nitrogen and oxygen atoms in total. The van der Waals surface area contributed by atoms with Gasteiger partial charge in [0.1, 0.15) is 11.6 Å². The molecule has 56 heavy (non-hydrogen) atoms. The van der Waals surface area contributed by atoms with Gasteiger partial charge in [-0.2, -0.15) is 0 Å². The third kappa shape index (κ3) is 6.89. The topological polar surface area (TPSA) is 50.9 Å². The quantitative estimate of drug-likeness (QED) is 0.161. The minimum absolute atomic E-state index is 0.0824. The molecule has 270 valence electrons. The monoisotopic (exact) mass is 723 g/mol. The molecule has 0 atom stereocenters. The first kappa shape index (κ1) is 34.7. The molecule has 0 saturated carbocycles. The maximum Gasteiger partial charge on any atom is 0.145 e. The van der Waals surface area contributed by atoms with Crippen molar-refractivity contribution in [3.05, 3.63) is 199 Å². The van der Waals surface area contributed by atoms with Crippen LogP contribution in [0.5, 0.6) is 5.75 Å². The molecule has 9 aromatic rings. The second-order valence-electron chi connectivity index (χ2n) is 14.6. The number of phenolic OH excluding ortho intramolecular Hbond substituents is 1. The minimum Gasteiger partial charge on any atom is -0.507 e. The Hall–Kier alpha value is -7.04. The van der Waals surface area contributed by atoms with E-state index in [9.17, 15) is 5.11 Å². The van der Waals surface area contributed by atoms with Gasteiger partial charge in [-0.1, -0.05) is 127 Å². The predicted octanol–water partition coefficient (Wildman–Crippen LogP) is 13.3. The van der Waals surface area contributed by atoms with Crippen molar-refractivity contribution in [2.45, 2.75) is 26.3 Å². The summed E-state index contributed by atoms with van der Waals surface area (Å²) in [6.07, 6.45) is 2.81. The number of rotatable bonds is 9. The fraction of sp³-hybridized carbons (Fsp3) is 0.0769. The van der Waals surface area contributed by atoms with Crippen LogP contribution in [0.15, 0.2) is 188 Å². The predicted molar refractivity (Wildman–Crippen MR) is 231 cm³/mol. The van der Waals surface area contributed by atoms with Crippen LogP contribution in [0, 0.1) is 0 Å². The Balaban J connectivity index is 1.22. The van der Waals surface area contributed by atoms with Crippen LogP contribution in [0.3, 0.4) is 0 Å². The van der Waals surface area contributed by atoms with Gasteiger partial charge in [0.2, 0.25) is 0 Å². The molecule has 0 unspecified atom stereocenters. The molecule has 1 N–H and O–H groups in total. The van der Waals surface area contributed by atoms with E-state index in [1.807, 2.05) is 30.5 Å². The van der Waals surface area contributed by atoms with Crippen molar-refractivity contribution in [2.24, 2.45) is 0 Å². The number of hydrogen-bond acceptors (Lipinski definition) is 3. The molecule has 0 fully saturated rings. The van der Waals surface area contributed by atoms with E-state index in [2.05, 4.69) is 170 Å². The SMILES string of the molecule is CC(C)n1c(-c2ccccc2O)nc2c(-c3cc(-c4ccccc4)cc(-c4cc(-c5ccc(Cc6ccccc6)cc5)ccn4)c3)cc(-c3ccccc3)cc21. The van der Waals surface area contributed by atoms with Gasteiger partial charge in [0.25, 0.3) is 0 Å². The summed E-state index contributed by atoms with van der Waals surface area (Å²) in [5, 5.41) is 11.1. The van der Waals surface area contributed by atoms with Crippen molar-refractivity contribution < 1.29 is 5.11 Å². The molecule has 0 spiro atoms. The molecule has 2 heterocycles. The van der Waals surface area contributed by atoms with Crippen LogP contribution >= 0.6 is 0 Å². The lowest BCUT2D eigenvalue weighted by Gasteiger charge is -2.16. The molecule has 0 amide bonds. The van der Waals surface area contributed by atoms with Crippen molar-refractivity contribution in [1.29, 1.82) is 0 Å². The number of nitrogens with zero attached hydrogens (tertiary/aromatic N) is 3. The summed E-state index contributed by atoms with van der Waals surface area (Å²) in [6, 6.07) is 63.6. The Bertz CT molecular complexity index is 2790. The number of aromatic nitrogens is 3. The average Bonchev–Trinajstić information content (AvgIpc) is 3.64. The maximum atomic E-state index is 11.1. The van der Waals surface area contributed by atoms with E-state index in [0.717, 1.165) is 79.0 Å². The molecule has 7 aromatic carbocycles. The van der Waals surface area contributed by atoms with Crippen LogP contribution in [-0.2, 0) is 6.42 Å². The van der Waals surface area contributed by atoms with Crippen LogP contribution in [0.2, 0.25) is 0 Å². The van der Waals surface area contributed by atoms with E-state index in [-0.39, 0.29) is 11.8 Å². The minimum atomic E-state index is 0.0824. The molecule has 4 heteroatoms. The molecule has 2 aromatic heterocycles. The largest absolute Gasteiger partial charge is 0.507 e. The smallest absolute Gasteiger partial charge is 0.145 e. The maximum absolute atomic E-state index is 11.1. The Morgan fingerprint density at radius 1 is 0.482 bits per heavy atom. The highest BCUT2D eigenvalue weighted by atomic mass is 16.3. The fourth-order valence-corrected chi connectivity index (χ4v) is 7.73. The van der Waals surface area contributed by atoms with Crippen LogP contribution in [-0.4, -0.2) is 19.6 Å². The zero-order chi connectivity index (χ0) is 38.0. The van der Waals surface area contributed by atoms with Crippen molar-refractivity contribution >= 4 is 11.0 Å².